The molecular formula is C14H15NO2. The van der Waals surface area contributed by atoms with Crippen LogP contribution in [0.5, 0.6) is 0 Å². The quantitative estimate of drug-likeness (QED) is 0.860. The third-order valence-corrected chi connectivity index (χ3v) is 3.03. The zero-order chi connectivity index (χ0) is 12.6. The monoisotopic (exact) mass is 229 g/mol. The van der Waals surface area contributed by atoms with Crippen molar-refractivity contribution in [1.29, 1.82) is 0 Å². The van der Waals surface area contributed by atoms with Crippen molar-refractivity contribution < 1.29 is 9.90 Å². The van der Waals surface area contributed by atoms with Crippen LogP contribution in [0.4, 0.5) is 0 Å². The Morgan fingerprint density at radius 2 is 2.06 bits per heavy atom. The van der Waals surface area contributed by atoms with E-state index in [9.17, 15) is 9.90 Å². The van der Waals surface area contributed by atoms with Crippen LogP contribution in [0.2, 0.25) is 0 Å². The van der Waals surface area contributed by atoms with E-state index < -0.39 is 5.97 Å². The van der Waals surface area contributed by atoms with Gasteiger partial charge >= 0.3 is 5.97 Å². The number of pyridine rings is 1. The molecule has 2 aromatic rings. The molecule has 0 radical (unpaired) electrons. The van der Waals surface area contributed by atoms with E-state index in [0.717, 1.165) is 34.1 Å². The van der Waals surface area contributed by atoms with Gasteiger partial charge in [-0.2, -0.15) is 0 Å². The van der Waals surface area contributed by atoms with Crippen molar-refractivity contribution in [2.45, 2.75) is 27.2 Å². The zero-order valence-corrected chi connectivity index (χ0v) is 10.2. The van der Waals surface area contributed by atoms with Crippen molar-refractivity contribution in [3.63, 3.8) is 0 Å². The van der Waals surface area contributed by atoms with Crippen LogP contribution in [-0.2, 0) is 6.42 Å². The largest absolute Gasteiger partial charge is 0.478 e. The van der Waals surface area contributed by atoms with Crippen molar-refractivity contribution in [1.82, 2.24) is 4.98 Å². The van der Waals surface area contributed by atoms with Crippen LogP contribution < -0.4 is 0 Å². The number of benzene rings is 1. The van der Waals surface area contributed by atoms with E-state index in [0.29, 0.717) is 5.56 Å². The van der Waals surface area contributed by atoms with Gasteiger partial charge in [-0.25, -0.2) is 4.79 Å². The Labute approximate surface area is 100 Å². The Bertz CT molecular complexity index is 603. The lowest BCUT2D eigenvalue weighted by Crippen LogP contribution is -2.06. The van der Waals surface area contributed by atoms with Gasteiger partial charge in [0.2, 0.25) is 0 Å². The molecular weight excluding hydrogens is 214 g/mol. The van der Waals surface area contributed by atoms with Crippen LogP contribution >= 0.6 is 0 Å². The summed E-state index contributed by atoms with van der Waals surface area (Å²) in [6.07, 6.45) is 0.746. The standard InChI is InChI=1S/C14H15NO2/c1-4-11-9(3)13(14(16)17)10-7-8(2)5-6-12(10)15-11/h5-7H,4H2,1-3H3,(H,16,17). The summed E-state index contributed by atoms with van der Waals surface area (Å²) in [6, 6.07) is 5.73. The van der Waals surface area contributed by atoms with E-state index in [2.05, 4.69) is 4.98 Å². The van der Waals surface area contributed by atoms with Gasteiger partial charge in [0.15, 0.2) is 0 Å². The fourth-order valence-corrected chi connectivity index (χ4v) is 2.14. The number of carboxylic acids is 1. The molecule has 1 aromatic heterocycles. The number of nitrogens with zero attached hydrogens (tertiary/aromatic N) is 1. The minimum atomic E-state index is -0.879. The third-order valence-electron chi connectivity index (χ3n) is 3.03. The highest BCUT2D eigenvalue weighted by Gasteiger charge is 2.16. The number of fused-ring (bicyclic) bond motifs is 1. The molecule has 0 saturated carbocycles. The van der Waals surface area contributed by atoms with Gasteiger partial charge < -0.3 is 5.11 Å². The molecule has 1 aromatic carbocycles. The van der Waals surface area contributed by atoms with Gasteiger partial charge in [-0.05, 0) is 38.0 Å². The van der Waals surface area contributed by atoms with Crippen LogP contribution in [-0.4, -0.2) is 16.1 Å². The summed E-state index contributed by atoms with van der Waals surface area (Å²) in [5, 5.41) is 10.1. The molecule has 0 bridgehead atoms. The molecule has 17 heavy (non-hydrogen) atoms. The van der Waals surface area contributed by atoms with Crippen molar-refractivity contribution in [3.05, 3.63) is 40.6 Å². The number of carbonyl (C=O) groups is 1. The molecule has 3 nitrogen and oxygen atoms in total. The number of aromatic carboxylic acids is 1. The smallest absolute Gasteiger partial charge is 0.336 e. The summed E-state index contributed by atoms with van der Waals surface area (Å²) in [7, 11) is 0. The molecule has 3 heteroatoms. The number of hydrogen-bond acceptors (Lipinski definition) is 2. The predicted molar refractivity (Wildman–Crippen MR) is 67.6 cm³/mol. The molecule has 0 aliphatic rings. The van der Waals surface area contributed by atoms with Crippen molar-refractivity contribution in [2.75, 3.05) is 0 Å². The normalized spacial score (nSPS) is 10.8. The van der Waals surface area contributed by atoms with E-state index >= 15 is 0 Å². The van der Waals surface area contributed by atoms with E-state index in [1.165, 1.54) is 0 Å². The lowest BCUT2D eigenvalue weighted by atomic mass is 9.99. The first kappa shape index (κ1) is 11.6. The molecule has 0 spiro atoms. The van der Waals surface area contributed by atoms with E-state index in [4.69, 9.17) is 0 Å². The molecule has 0 atom stereocenters. The van der Waals surface area contributed by atoms with Crippen LogP contribution in [0.1, 0.15) is 34.1 Å². The summed E-state index contributed by atoms with van der Waals surface area (Å²) in [5.74, 6) is -0.879. The Balaban J connectivity index is 2.92. The summed E-state index contributed by atoms with van der Waals surface area (Å²) in [5.41, 5.74) is 3.83. The molecule has 88 valence electrons. The first-order chi connectivity index (χ1) is 8.04. The average molecular weight is 229 g/mol. The second-order valence-electron chi connectivity index (χ2n) is 4.24. The highest BCUT2D eigenvalue weighted by Crippen LogP contribution is 2.24. The molecule has 1 N–H and O–H groups in total. The lowest BCUT2D eigenvalue weighted by molar-refractivity contribution is 0.0698. The average Bonchev–Trinajstić information content (AvgIpc) is 2.27. The van der Waals surface area contributed by atoms with Gasteiger partial charge in [0.05, 0.1) is 11.1 Å². The Morgan fingerprint density at radius 3 is 2.65 bits per heavy atom. The second-order valence-corrected chi connectivity index (χ2v) is 4.24. The van der Waals surface area contributed by atoms with E-state index in [1.807, 2.05) is 39.0 Å². The second kappa shape index (κ2) is 4.17. The van der Waals surface area contributed by atoms with Gasteiger partial charge in [-0.3, -0.25) is 4.98 Å². The van der Waals surface area contributed by atoms with Gasteiger partial charge in [-0.15, -0.1) is 0 Å². The highest BCUT2D eigenvalue weighted by molar-refractivity contribution is 6.04. The van der Waals surface area contributed by atoms with Crippen molar-refractivity contribution in [2.24, 2.45) is 0 Å². The molecule has 0 aliphatic heterocycles. The summed E-state index contributed by atoms with van der Waals surface area (Å²) >= 11 is 0. The maximum Gasteiger partial charge on any atom is 0.336 e. The highest BCUT2D eigenvalue weighted by atomic mass is 16.4. The SMILES string of the molecule is CCc1nc2ccc(C)cc2c(C(=O)O)c1C. The molecule has 0 saturated heterocycles. The topological polar surface area (TPSA) is 50.2 Å². The number of hydrogen-bond donors (Lipinski definition) is 1. The fourth-order valence-electron chi connectivity index (χ4n) is 2.14. The Morgan fingerprint density at radius 1 is 1.35 bits per heavy atom. The minimum absolute atomic E-state index is 0.385. The number of rotatable bonds is 2. The van der Waals surface area contributed by atoms with Gasteiger partial charge in [0.1, 0.15) is 0 Å². The van der Waals surface area contributed by atoms with Crippen LogP contribution in [0, 0.1) is 13.8 Å². The van der Waals surface area contributed by atoms with Crippen LogP contribution in [0.25, 0.3) is 10.9 Å². The van der Waals surface area contributed by atoms with Crippen molar-refractivity contribution >= 4 is 16.9 Å². The molecule has 0 fully saturated rings. The summed E-state index contributed by atoms with van der Waals surface area (Å²) < 4.78 is 0. The maximum atomic E-state index is 11.4. The molecule has 0 unspecified atom stereocenters. The zero-order valence-electron chi connectivity index (χ0n) is 10.2. The predicted octanol–water partition coefficient (Wildman–Crippen LogP) is 3.11. The molecule has 0 amide bonds. The van der Waals surface area contributed by atoms with Crippen molar-refractivity contribution in [3.8, 4) is 0 Å². The number of aryl methyl sites for hydroxylation is 2. The van der Waals surface area contributed by atoms with E-state index in [1.54, 1.807) is 0 Å². The van der Waals surface area contributed by atoms with Gasteiger partial charge in [0.25, 0.3) is 0 Å². The van der Waals surface area contributed by atoms with Gasteiger partial charge in [-0.1, -0.05) is 18.6 Å². The lowest BCUT2D eigenvalue weighted by Gasteiger charge is -2.10. The molecule has 2 rings (SSSR count). The number of aromatic nitrogens is 1. The van der Waals surface area contributed by atoms with Crippen LogP contribution in [0.3, 0.4) is 0 Å². The number of carboxylic acid groups (broad SMARTS) is 1. The maximum absolute atomic E-state index is 11.4. The Kier molecular flexibility index (Phi) is 2.84. The molecule has 0 aliphatic carbocycles. The molecule has 1 heterocycles. The van der Waals surface area contributed by atoms with Crippen LogP contribution in [0.15, 0.2) is 18.2 Å². The van der Waals surface area contributed by atoms with E-state index in [-0.39, 0.29) is 0 Å². The van der Waals surface area contributed by atoms with Gasteiger partial charge in [0, 0.05) is 11.1 Å². The summed E-state index contributed by atoms with van der Waals surface area (Å²) in [4.78, 5) is 15.9. The summed E-state index contributed by atoms with van der Waals surface area (Å²) in [6.45, 7) is 5.77. The third kappa shape index (κ3) is 1.88. The Hall–Kier alpha value is -1.90. The fraction of sp³-hybridized carbons (Fsp3) is 0.286. The minimum Gasteiger partial charge on any atom is -0.478 e. The first-order valence-electron chi connectivity index (χ1n) is 5.67. The first-order valence-corrected chi connectivity index (χ1v) is 5.67.